The molecule has 0 aromatic rings. The van der Waals surface area contributed by atoms with Crippen LogP contribution in [0.1, 0.15) is 92.4 Å². The molecule has 7 rings (SSSR count). The molecule has 0 unspecified atom stereocenters. The summed E-state index contributed by atoms with van der Waals surface area (Å²) < 4.78 is 28.4. The van der Waals surface area contributed by atoms with Gasteiger partial charge in [-0.05, 0) is 98.7 Å². The largest absolute Gasteiger partial charge is 0.481 e. The number of carbonyl (C=O) groups excluding carboxylic acids is 1. The number of allylic oxidation sites excluding steroid dienone is 2. The van der Waals surface area contributed by atoms with Crippen molar-refractivity contribution in [1.29, 1.82) is 0 Å². The van der Waals surface area contributed by atoms with E-state index in [1.165, 1.54) is 7.11 Å². The van der Waals surface area contributed by atoms with Crippen molar-refractivity contribution in [2.75, 3.05) is 26.9 Å². The van der Waals surface area contributed by atoms with Gasteiger partial charge in [-0.1, -0.05) is 39.3 Å². The third-order valence-electron chi connectivity index (χ3n) is 17.4. The van der Waals surface area contributed by atoms with Gasteiger partial charge in [-0.2, -0.15) is 0 Å². The summed E-state index contributed by atoms with van der Waals surface area (Å²) in [7, 11) is 1.38. The quantitative estimate of drug-likeness (QED) is 0.120. The second-order valence-electron chi connectivity index (χ2n) is 20.1. The molecule has 0 radical (unpaired) electrons. The van der Waals surface area contributed by atoms with E-state index in [2.05, 4.69) is 26.8 Å². The van der Waals surface area contributed by atoms with Crippen LogP contribution in [0.25, 0.3) is 0 Å². The standard InChI is InChI=1S/C42H66O16/c1-37(36(53)54-6)11-13-42(35(51)52)14-12-40(4)20(21(42)15-37)7-8-26-38(2)16-22(45)32(39(3,19-44)25(38)9-10-41(26,40)5)56-24-18-55-33(30(49)28(24)47)58-34-31(50)29(48)27(46)23(17-43)57-34/h7,21-34,43-50H,8-19H2,1-6H3,(H,51,52)/t21-,22-,23-,24+,25+,26-,27-,28+,29+,30+,31-,32+,33-,34+,37-,38+,39+,40-,41+,42-/m0/s1. The minimum absolute atomic E-state index is 0.0487. The van der Waals surface area contributed by atoms with Crippen molar-refractivity contribution >= 4 is 11.9 Å². The number of aliphatic carboxylic acids is 1. The van der Waals surface area contributed by atoms with Crippen LogP contribution >= 0.6 is 0 Å². The molecule has 0 aromatic heterocycles. The van der Waals surface area contributed by atoms with E-state index in [9.17, 15) is 55.5 Å². The number of aliphatic hydroxyl groups is 8. The van der Waals surface area contributed by atoms with Crippen molar-refractivity contribution in [3.63, 3.8) is 0 Å². The number of fused-ring (bicyclic) bond motifs is 7. The van der Waals surface area contributed by atoms with Crippen LogP contribution in [0.15, 0.2) is 11.6 Å². The number of rotatable bonds is 8. The maximum absolute atomic E-state index is 13.2. The third-order valence-corrected chi connectivity index (χ3v) is 17.4. The van der Waals surface area contributed by atoms with Crippen LogP contribution in [0.3, 0.4) is 0 Å². The van der Waals surface area contributed by atoms with Crippen molar-refractivity contribution in [2.24, 2.45) is 50.2 Å². The van der Waals surface area contributed by atoms with Gasteiger partial charge in [-0.15, -0.1) is 0 Å². The number of carboxylic acid groups (broad SMARTS) is 1. The van der Waals surface area contributed by atoms with Crippen LogP contribution in [0.2, 0.25) is 0 Å². The van der Waals surface area contributed by atoms with Gasteiger partial charge in [0.1, 0.15) is 42.7 Å². The summed E-state index contributed by atoms with van der Waals surface area (Å²) >= 11 is 0. The molecule has 2 heterocycles. The molecule has 0 amide bonds. The highest BCUT2D eigenvalue weighted by molar-refractivity contribution is 5.80. The van der Waals surface area contributed by atoms with Crippen LogP contribution < -0.4 is 0 Å². The summed E-state index contributed by atoms with van der Waals surface area (Å²) in [6.45, 7) is 9.23. The highest BCUT2D eigenvalue weighted by atomic mass is 16.8. The molecular weight excluding hydrogens is 760 g/mol. The van der Waals surface area contributed by atoms with E-state index in [4.69, 9.17) is 23.7 Å². The summed E-state index contributed by atoms with van der Waals surface area (Å²) in [5.41, 5.74) is -2.81. The summed E-state index contributed by atoms with van der Waals surface area (Å²) in [4.78, 5) is 26.3. The Bertz CT molecular complexity index is 1610. The molecule has 0 aromatic carbocycles. The Morgan fingerprint density at radius 2 is 1.48 bits per heavy atom. The first-order valence-electron chi connectivity index (χ1n) is 21.0. The highest BCUT2D eigenvalue weighted by Crippen LogP contribution is 2.76. The fourth-order valence-electron chi connectivity index (χ4n) is 13.8. The number of esters is 1. The molecule has 6 fully saturated rings. The zero-order valence-corrected chi connectivity index (χ0v) is 34.5. The zero-order valence-electron chi connectivity index (χ0n) is 34.5. The second kappa shape index (κ2) is 15.2. The lowest BCUT2D eigenvalue weighted by Crippen LogP contribution is -2.69. The third kappa shape index (κ3) is 6.29. The van der Waals surface area contributed by atoms with Gasteiger partial charge in [0, 0.05) is 5.41 Å². The Kier molecular flexibility index (Phi) is 11.6. The minimum Gasteiger partial charge on any atom is -0.481 e. The molecular formula is C42H66O16. The predicted octanol–water partition coefficient (Wildman–Crippen LogP) is 0.617. The van der Waals surface area contributed by atoms with Gasteiger partial charge in [0.05, 0.1) is 50.0 Å². The maximum Gasteiger partial charge on any atom is 0.311 e. The number of methoxy groups -OCH3 is 1. The van der Waals surface area contributed by atoms with Crippen LogP contribution in [-0.4, -0.2) is 152 Å². The first kappa shape index (κ1) is 44.3. The average molecular weight is 827 g/mol. The van der Waals surface area contributed by atoms with E-state index < -0.39 is 102 Å². The molecule has 7 aliphatic rings. The van der Waals surface area contributed by atoms with E-state index in [-0.39, 0.29) is 47.8 Å². The SMILES string of the molecule is COC(=O)[C@@]1(C)CC[C@]2(C(=O)O)CC[C@@]3(C)C(=CC[C@H]4[C@]5(C)C[C@H](O)[C@@H](O[C@@H]6CO[C@@H](O[C@H]7O[C@@H](CO)[C@H](O)[C@@H](O)[C@@H]7O)[C@H](O)[C@@H]6O)[C@](C)(CO)[C@@H]5CC[C@]43C)[C@@H]2C1. The molecule has 58 heavy (non-hydrogen) atoms. The van der Waals surface area contributed by atoms with Gasteiger partial charge in [-0.25, -0.2) is 0 Å². The number of carbonyl (C=O) groups is 2. The Morgan fingerprint density at radius 1 is 0.810 bits per heavy atom. The van der Waals surface area contributed by atoms with Crippen LogP contribution in [0.5, 0.6) is 0 Å². The van der Waals surface area contributed by atoms with Crippen molar-refractivity contribution < 1.29 is 79.2 Å². The van der Waals surface area contributed by atoms with E-state index in [1.54, 1.807) is 0 Å². The van der Waals surface area contributed by atoms with Gasteiger partial charge in [0.15, 0.2) is 12.6 Å². The molecule has 16 nitrogen and oxygen atoms in total. The lowest BCUT2D eigenvalue weighted by atomic mass is 9.33. The fourth-order valence-corrected chi connectivity index (χ4v) is 13.8. The van der Waals surface area contributed by atoms with E-state index >= 15 is 0 Å². The molecule has 0 spiro atoms. The summed E-state index contributed by atoms with van der Waals surface area (Å²) in [6, 6.07) is 0. The smallest absolute Gasteiger partial charge is 0.311 e. The number of hydrogen-bond acceptors (Lipinski definition) is 15. The number of hydrogen-bond donors (Lipinski definition) is 9. The Morgan fingerprint density at radius 3 is 2.12 bits per heavy atom. The van der Waals surface area contributed by atoms with Crippen molar-refractivity contribution in [1.82, 2.24) is 0 Å². The monoisotopic (exact) mass is 826 g/mol. The van der Waals surface area contributed by atoms with Crippen LogP contribution in [-0.2, 0) is 33.3 Å². The first-order valence-corrected chi connectivity index (χ1v) is 21.0. The van der Waals surface area contributed by atoms with E-state index in [0.29, 0.717) is 51.4 Å². The van der Waals surface area contributed by atoms with Crippen molar-refractivity contribution in [2.45, 2.75) is 160 Å². The summed E-state index contributed by atoms with van der Waals surface area (Å²) in [5.74, 6) is -1.54. The number of ether oxygens (including phenoxy) is 5. The molecule has 20 atom stereocenters. The molecule has 0 bridgehead atoms. The molecule has 2 aliphatic heterocycles. The lowest BCUT2D eigenvalue weighted by molar-refractivity contribution is -0.371. The Balaban J connectivity index is 1.11. The molecule has 5 aliphatic carbocycles. The average Bonchev–Trinajstić information content (AvgIpc) is 3.18. The van der Waals surface area contributed by atoms with Crippen LogP contribution in [0.4, 0.5) is 0 Å². The van der Waals surface area contributed by atoms with Gasteiger partial charge in [-0.3, -0.25) is 9.59 Å². The van der Waals surface area contributed by atoms with Crippen LogP contribution in [0, 0.1) is 50.2 Å². The number of carboxylic acids is 1. The molecule has 2 saturated heterocycles. The summed E-state index contributed by atoms with van der Waals surface area (Å²) in [5, 5.41) is 96.7. The van der Waals surface area contributed by atoms with Gasteiger partial charge in [0.25, 0.3) is 0 Å². The van der Waals surface area contributed by atoms with Gasteiger partial charge in [0.2, 0.25) is 0 Å². The van der Waals surface area contributed by atoms with Gasteiger partial charge >= 0.3 is 11.9 Å². The fraction of sp³-hybridized carbons (Fsp3) is 0.905. The molecule has 16 heteroatoms. The molecule has 9 N–H and O–H groups in total. The minimum atomic E-state index is -1.76. The number of aliphatic hydroxyl groups excluding tert-OH is 8. The first-order chi connectivity index (χ1) is 27.1. The summed E-state index contributed by atoms with van der Waals surface area (Å²) in [6.07, 6.45) is -8.95. The van der Waals surface area contributed by atoms with Crippen molar-refractivity contribution in [3.8, 4) is 0 Å². The zero-order chi connectivity index (χ0) is 42.5. The van der Waals surface area contributed by atoms with Gasteiger partial charge < -0.3 is 69.6 Å². The van der Waals surface area contributed by atoms with E-state index in [0.717, 1.165) is 12.0 Å². The predicted molar refractivity (Wildman–Crippen MR) is 201 cm³/mol. The van der Waals surface area contributed by atoms with E-state index in [1.807, 2.05) is 13.8 Å². The lowest BCUT2D eigenvalue weighted by Gasteiger charge is -2.71. The Labute approximate surface area is 339 Å². The maximum atomic E-state index is 13.2. The molecule has 4 saturated carbocycles. The highest BCUT2D eigenvalue weighted by Gasteiger charge is 2.71. The normalized spacial score (nSPS) is 54.2. The second-order valence-corrected chi connectivity index (χ2v) is 20.1. The topological polar surface area (TPSA) is 262 Å². The Hall–Kier alpha value is -1.80. The molecule has 330 valence electrons. The van der Waals surface area contributed by atoms with Crippen molar-refractivity contribution in [3.05, 3.63) is 11.6 Å².